The molecule has 36 heavy (non-hydrogen) atoms. The summed E-state index contributed by atoms with van der Waals surface area (Å²) in [7, 11) is 0. The van der Waals surface area contributed by atoms with Gasteiger partial charge in [0.25, 0.3) is 0 Å². The average Bonchev–Trinajstić information content (AvgIpc) is 3.61. The Morgan fingerprint density at radius 1 is 1.25 bits per heavy atom. The Labute approximate surface area is 217 Å². The van der Waals surface area contributed by atoms with E-state index in [1.54, 1.807) is 0 Å². The van der Waals surface area contributed by atoms with Gasteiger partial charge in [-0.25, -0.2) is 0 Å². The fourth-order valence-corrected chi connectivity index (χ4v) is 5.36. The highest BCUT2D eigenvalue weighted by atomic mass is 32.1. The lowest BCUT2D eigenvalue weighted by Crippen LogP contribution is -2.31. The highest BCUT2D eigenvalue weighted by molar-refractivity contribution is 7.80. The molecule has 2 aliphatic rings. The number of aryl methyl sites for hydroxylation is 1. The Morgan fingerprint density at radius 2 is 2.11 bits per heavy atom. The van der Waals surface area contributed by atoms with Gasteiger partial charge < -0.3 is 24.8 Å². The third-order valence-electron chi connectivity index (χ3n) is 6.96. The number of amides is 1. The van der Waals surface area contributed by atoms with Crippen molar-refractivity contribution in [2.24, 2.45) is 5.92 Å². The topological polar surface area (TPSA) is 71.4 Å². The second-order valence-corrected chi connectivity index (χ2v) is 10.2. The largest absolute Gasteiger partial charge is 0.376 e. The molecular weight excluding hydrogens is 470 g/mol. The van der Waals surface area contributed by atoms with Crippen LogP contribution in [0.3, 0.4) is 0 Å². The molecule has 0 unspecified atom stereocenters. The number of benzene rings is 1. The molecular formula is C28H33N5O2S. The van der Waals surface area contributed by atoms with E-state index in [0.717, 1.165) is 54.3 Å². The number of carbonyl (C=O) groups excluding carboxylic acids is 1. The zero-order valence-electron chi connectivity index (χ0n) is 21.0. The van der Waals surface area contributed by atoms with Gasteiger partial charge >= 0.3 is 0 Å². The third-order valence-corrected chi connectivity index (χ3v) is 7.28. The van der Waals surface area contributed by atoms with Crippen molar-refractivity contribution in [2.75, 3.05) is 16.8 Å². The van der Waals surface area contributed by atoms with Gasteiger partial charge in [0.1, 0.15) is 6.04 Å². The maximum Gasteiger partial charge on any atom is 0.226 e. The molecule has 5 rings (SSSR count). The SMILES string of the molecule is Cc1cc(N2C(=S)N[C@@H](c3ccccn3)[C@H]2c2cccn2C[C@@H]2CCCO2)ccc1NC(=O)C(C)C. The first kappa shape index (κ1) is 24.5. The summed E-state index contributed by atoms with van der Waals surface area (Å²) in [5.41, 5.74) is 4.87. The first-order valence-electron chi connectivity index (χ1n) is 12.6. The van der Waals surface area contributed by atoms with Gasteiger partial charge in [-0.3, -0.25) is 9.78 Å². The molecule has 1 aromatic carbocycles. The summed E-state index contributed by atoms with van der Waals surface area (Å²) in [6.07, 6.45) is 6.36. The highest BCUT2D eigenvalue weighted by Crippen LogP contribution is 2.42. The molecule has 2 aromatic heterocycles. The molecule has 2 fully saturated rings. The number of thiocarbonyl (C=S) groups is 1. The number of carbonyl (C=O) groups is 1. The van der Waals surface area contributed by atoms with Gasteiger partial charge in [0.05, 0.1) is 17.8 Å². The number of anilines is 2. The van der Waals surface area contributed by atoms with Gasteiger partial charge in [-0.15, -0.1) is 0 Å². The molecule has 0 bridgehead atoms. The minimum atomic E-state index is -0.113. The van der Waals surface area contributed by atoms with Gasteiger partial charge in [-0.1, -0.05) is 19.9 Å². The smallest absolute Gasteiger partial charge is 0.226 e. The van der Waals surface area contributed by atoms with Crippen molar-refractivity contribution in [3.8, 4) is 0 Å². The molecule has 7 nitrogen and oxygen atoms in total. The molecule has 3 atom stereocenters. The van der Waals surface area contributed by atoms with Crippen LogP contribution in [0.4, 0.5) is 11.4 Å². The van der Waals surface area contributed by atoms with Gasteiger partial charge in [0, 0.05) is 48.5 Å². The van der Waals surface area contributed by atoms with E-state index in [1.165, 1.54) is 0 Å². The fraction of sp³-hybridized carbons (Fsp3) is 0.393. The van der Waals surface area contributed by atoms with Gasteiger partial charge in [0.15, 0.2) is 5.11 Å². The van der Waals surface area contributed by atoms with Crippen LogP contribution in [0.15, 0.2) is 60.9 Å². The number of nitrogens with zero attached hydrogens (tertiary/aromatic N) is 3. The summed E-state index contributed by atoms with van der Waals surface area (Å²) in [6.45, 7) is 7.44. The summed E-state index contributed by atoms with van der Waals surface area (Å²) in [4.78, 5) is 19.1. The van der Waals surface area contributed by atoms with Crippen LogP contribution in [0.2, 0.25) is 0 Å². The van der Waals surface area contributed by atoms with Gasteiger partial charge in [-0.05, 0) is 80.0 Å². The minimum Gasteiger partial charge on any atom is -0.376 e. The lowest BCUT2D eigenvalue weighted by molar-refractivity contribution is -0.118. The second-order valence-electron chi connectivity index (χ2n) is 9.86. The molecule has 0 aliphatic carbocycles. The standard InChI is InChI=1S/C28H33N5O2S/c1-18(2)27(34)30-22-12-11-20(16-19(22)3)33-26(25(31-28(33)36)23-9-4-5-13-29-23)24-10-6-14-32(24)17-21-8-7-15-35-21/h4-6,9-14,16,18,21,25-26H,7-8,15,17H2,1-3H3,(H,30,34)(H,31,36)/t21-,25-,26+/m0/s1. The number of pyridine rings is 1. The van der Waals surface area contributed by atoms with E-state index in [2.05, 4.69) is 49.5 Å². The van der Waals surface area contributed by atoms with E-state index in [9.17, 15) is 4.79 Å². The van der Waals surface area contributed by atoms with E-state index in [4.69, 9.17) is 17.0 Å². The van der Waals surface area contributed by atoms with Crippen LogP contribution in [0, 0.1) is 12.8 Å². The summed E-state index contributed by atoms with van der Waals surface area (Å²) in [5.74, 6) is -0.0798. The van der Waals surface area contributed by atoms with Crippen molar-refractivity contribution in [3.63, 3.8) is 0 Å². The van der Waals surface area contributed by atoms with E-state index in [0.29, 0.717) is 5.11 Å². The van der Waals surface area contributed by atoms with Crippen LogP contribution in [-0.2, 0) is 16.1 Å². The number of rotatable bonds is 7. The maximum atomic E-state index is 12.3. The molecule has 0 saturated carbocycles. The Morgan fingerprint density at radius 3 is 2.81 bits per heavy atom. The van der Waals surface area contributed by atoms with Crippen molar-refractivity contribution >= 4 is 34.6 Å². The van der Waals surface area contributed by atoms with E-state index in [1.807, 2.05) is 57.3 Å². The van der Waals surface area contributed by atoms with Crippen LogP contribution in [-0.4, -0.2) is 33.3 Å². The molecule has 0 radical (unpaired) electrons. The lowest BCUT2D eigenvalue weighted by Gasteiger charge is -2.30. The normalized spacial score (nSPS) is 21.7. The molecule has 2 saturated heterocycles. The van der Waals surface area contributed by atoms with Gasteiger partial charge in [-0.2, -0.15) is 0 Å². The summed E-state index contributed by atoms with van der Waals surface area (Å²) >= 11 is 5.90. The molecule has 4 heterocycles. The molecule has 2 aliphatic heterocycles. The van der Waals surface area contributed by atoms with Crippen LogP contribution < -0.4 is 15.5 Å². The molecule has 0 spiro atoms. The van der Waals surface area contributed by atoms with Crippen LogP contribution in [0.25, 0.3) is 0 Å². The van der Waals surface area contributed by atoms with Crippen molar-refractivity contribution in [2.45, 2.75) is 58.3 Å². The predicted octanol–water partition coefficient (Wildman–Crippen LogP) is 5.14. The van der Waals surface area contributed by atoms with Crippen LogP contribution >= 0.6 is 12.2 Å². The Bertz CT molecular complexity index is 1240. The van der Waals surface area contributed by atoms with Crippen molar-refractivity contribution in [3.05, 3.63) is 77.9 Å². The average molecular weight is 504 g/mol. The Kier molecular flexibility index (Phi) is 7.07. The number of ether oxygens (including phenoxy) is 1. The van der Waals surface area contributed by atoms with Gasteiger partial charge in [0.2, 0.25) is 5.91 Å². The van der Waals surface area contributed by atoms with E-state index in [-0.39, 0.29) is 30.0 Å². The number of hydrogen-bond donors (Lipinski definition) is 2. The van der Waals surface area contributed by atoms with Crippen molar-refractivity contribution < 1.29 is 9.53 Å². The molecule has 3 aromatic rings. The monoisotopic (exact) mass is 503 g/mol. The fourth-order valence-electron chi connectivity index (χ4n) is 5.02. The van der Waals surface area contributed by atoms with Crippen molar-refractivity contribution in [1.29, 1.82) is 0 Å². The summed E-state index contributed by atoms with van der Waals surface area (Å²) in [6, 6.07) is 16.1. The third kappa shape index (κ3) is 4.88. The maximum absolute atomic E-state index is 12.3. The van der Waals surface area contributed by atoms with Crippen LogP contribution in [0.5, 0.6) is 0 Å². The minimum absolute atomic E-state index is 0.00395. The second kappa shape index (κ2) is 10.4. The first-order valence-corrected chi connectivity index (χ1v) is 13.0. The predicted molar refractivity (Wildman–Crippen MR) is 146 cm³/mol. The summed E-state index contributed by atoms with van der Waals surface area (Å²) in [5, 5.41) is 7.22. The number of aromatic nitrogens is 2. The molecule has 8 heteroatoms. The Balaban J connectivity index is 1.53. The first-order chi connectivity index (χ1) is 17.4. The number of hydrogen-bond acceptors (Lipinski definition) is 4. The zero-order valence-corrected chi connectivity index (χ0v) is 21.8. The Hall–Kier alpha value is -3.23. The van der Waals surface area contributed by atoms with E-state index < -0.39 is 0 Å². The summed E-state index contributed by atoms with van der Waals surface area (Å²) < 4.78 is 8.24. The zero-order chi connectivity index (χ0) is 25.2. The number of nitrogens with one attached hydrogen (secondary N) is 2. The molecule has 1 amide bonds. The quantitative estimate of drug-likeness (QED) is 0.435. The van der Waals surface area contributed by atoms with E-state index >= 15 is 0 Å². The molecule has 2 N–H and O–H groups in total. The lowest BCUT2D eigenvalue weighted by atomic mass is 10.00. The van der Waals surface area contributed by atoms with Crippen LogP contribution in [0.1, 0.15) is 55.7 Å². The molecule has 188 valence electrons. The van der Waals surface area contributed by atoms with Crippen molar-refractivity contribution in [1.82, 2.24) is 14.9 Å². The highest BCUT2D eigenvalue weighted by Gasteiger charge is 2.42.